The third kappa shape index (κ3) is 3.22. The molecule has 0 aliphatic rings. The van der Waals surface area contributed by atoms with E-state index in [4.69, 9.17) is 0 Å². The number of nitrogens with one attached hydrogen (secondary N) is 1. The minimum absolute atomic E-state index is 0.0402. The van der Waals surface area contributed by atoms with Gasteiger partial charge in [0, 0.05) is 31.0 Å². The lowest BCUT2D eigenvalue weighted by Crippen LogP contribution is -2.44. The summed E-state index contributed by atoms with van der Waals surface area (Å²) in [6.07, 6.45) is 2.57. The van der Waals surface area contributed by atoms with Crippen LogP contribution >= 0.6 is 0 Å². The highest BCUT2D eigenvalue weighted by molar-refractivity contribution is 5.93. The Bertz CT molecular complexity index is 415. The van der Waals surface area contributed by atoms with Crippen LogP contribution in [0.3, 0.4) is 0 Å². The molecule has 0 aliphatic heterocycles. The van der Waals surface area contributed by atoms with Gasteiger partial charge in [-0.2, -0.15) is 0 Å². The van der Waals surface area contributed by atoms with Crippen LogP contribution in [0.15, 0.2) is 18.3 Å². The molecule has 0 fully saturated rings. The number of carbonyl (C=O) groups is 1. The molecule has 0 unspecified atom stereocenters. The van der Waals surface area contributed by atoms with Crippen LogP contribution in [0.1, 0.15) is 44.6 Å². The summed E-state index contributed by atoms with van der Waals surface area (Å²) in [7, 11) is 1.83. The molecule has 0 atom stereocenters. The Hall–Kier alpha value is -1.58. The van der Waals surface area contributed by atoms with Crippen LogP contribution in [0, 0.1) is 0 Å². The number of hydrogen-bond acceptors (Lipinski definition) is 3. The zero-order valence-corrected chi connectivity index (χ0v) is 11.9. The molecule has 0 aromatic carbocycles. The van der Waals surface area contributed by atoms with Crippen molar-refractivity contribution in [2.45, 2.75) is 39.7 Å². The van der Waals surface area contributed by atoms with Gasteiger partial charge in [-0.15, -0.1) is 0 Å². The van der Waals surface area contributed by atoms with E-state index in [2.05, 4.69) is 31.1 Å². The molecule has 0 saturated carbocycles. The minimum Gasteiger partial charge on any atom is -0.385 e. The molecule has 1 N–H and O–H groups in total. The van der Waals surface area contributed by atoms with Crippen LogP contribution in [-0.2, 0) is 0 Å². The molecule has 1 aromatic heterocycles. The number of hydrogen-bond donors (Lipinski definition) is 1. The van der Waals surface area contributed by atoms with Gasteiger partial charge in [-0.05, 0) is 39.3 Å². The van der Waals surface area contributed by atoms with E-state index in [1.54, 1.807) is 17.2 Å². The van der Waals surface area contributed by atoms with Gasteiger partial charge in [0.05, 0.1) is 0 Å². The third-order valence-corrected chi connectivity index (χ3v) is 3.44. The summed E-state index contributed by atoms with van der Waals surface area (Å²) in [5.74, 6) is -0.0402. The van der Waals surface area contributed by atoms with Crippen molar-refractivity contribution in [3.05, 3.63) is 24.0 Å². The van der Waals surface area contributed by atoms with Crippen molar-refractivity contribution in [3.63, 3.8) is 0 Å². The number of pyridine rings is 1. The Morgan fingerprint density at radius 1 is 1.44 bits per heavy atom. The maximum Gasteiger partial charge on any atom is 0.272 e. The fourth-order valence-corrected chi connectivity index (χ4v) is 1.55. The van der Waals surface area contributed by atoms with Crippen LogP contribution in [0.5, 0.6) is 0 Å². The van der Waals surface area contributed by atoms with E-state index in [1.165, 1.54) is 0 Å². The van der Waals surface area contributed by atoms with Gasteiger partial charge >= 0.3 is 0 Å². The molecule has 0 saturated heterocycles. The summed E-state index contributed by atoms with van der Waals surface area (Å²) in [5, 5.41) is 3.18. The zero-order chi connectivity index (χ0) is 13.8. The summed E-state index contributed by atoms with van der Waals surface area (Å²) >= 11 is 0. The van der Waals surface area contributed by atoms with Gasteiger partial charge in [-0.3, -0.25) is 9.78 Å². The Balaban J connectivity index is 2.93. The highest BCUT2D eigenvalue weighted by Crippen LogP contribution is 2.19. The second kappa shape index (κ2) is 5.85. The van der Waals surface area contributed by atoms with Crippen molar-refractivity contribution >= 4 is 11.6 Å². The normalized spacial score (nSPS) is 11.2. The summed E-state index contributed by atoms with van der Waals surface area (Å²) in [6.45, 7) is 9.03. The quantitative estimate of drug-likeness (QED) is 0.872. The molecule has 1 aromatic rings. The predicted octanol–water partition coefficient (Wildman–Crippen LogP) is 2.77. The molecule has 0 spiro atoms. The van der Waals surface area contributed by atoms with E-state index in [0.717, 1.165) is 18.7 Å². The molecule has 0 aliphatic carbocycles. The molecule has 1 heterocycles. The first-order chi connectivity index (χ1) is 8.42. The van der Waals surface area contributed by atoms with Gasteiger partial charge < -0.3 is 10.2 Å². The highest BCUT2D eigenvalue weighted by atomic mass is 16.2. The van der Waals surface area contributed by atoms with Crippen molar-refractivity contribution in [2.75, 3.05) is 18.9 Å². The van der Waals surface area contributed by atoms with E-state index in [1.807, 2.05) is 20.0 Å². The number of nitrogens with zero attached hydrogens (tertiary/aromatic N) is 2. The minimum atomic E-state index is -0.160. The number of carbonyl (C=O) groups excluding carboxylic acids is 1. The average molecular weight is 249 g/mol. The summed E-state index contributed by atoms with van der Waals surface area (Å²) in [4.78, 5) is 18.3. The number of rotatable bonds is 5. The molecule has 1 rings (SSSR count). The first-order valence-electron chi connectivity index (χ1n) is 6.40. The lowest BCUT2D eigenvalue weighted by molar-refractivity contribution is 0.0614. The first kappa shape index (κ1) is 14.5. The highest BCUT2D eigenvalue weighted by Gasteiger charge is 2.27. The topological polar surface area (TPSA) is 45.2 Å². The van der Waals surface area contributed by atoms with Gasteiger partial charge in [0.1, 0.15) is 5.69 Å². The van der Waals surface area contributed by atoms with E-state index in [0.29, 0.717) is 5.69 Å². The zero-order valence-electron chi connectivity index (χ0n) is 11.9. The van der Waals surface area contributed by atoms with Gasteiger partial charge in [0.2, 0.25) is 0 Å². The maximum absolute atomic E-state index is 12.3. The van der Waals surface area contributed by atoms with Crippen LogP contribution in [0.2, 0.25) is 0 Å². The van der Waals surface area contributed by atoms with Crippen LogP contribution in [-0.4, -0.2) is 34.9 Å². The van der Waals surface area contributed by atoms with Gasteiger partial charge in [-0.25, -0.2) is 0 Å². The van der Waals surface area contributed by atoms with Crippen molar-refractivity contribution in [1.82, 2.24) is 9.88 Å². The van der Waals surface area contributed by atoms with Crippen LogP contribution in [0.25, 0.3) is 0 Å². The average Bonchev–Trinajstić information content (AvgIpc) is 2.37. The molecule has 4 heteroatoms. The molecule has 0 radical (unpaired) electrons. The van der Waals surface area contributed by atoms with Crippen molar-refractivity contribution in [2.24, 2.45) is 0 Å². The van der Waals surface area contributed by atoms with E-state index in [-0.39, 0.29) is 11.4 Å². The van der Waals surface area contributed by atoms with Crippen molar-refractivity contribution in [3.8, 4) is 0 Å². The molecular weight excluding hydrogens is 226 g/mol. The Morgan fingerprint density at radius 2 is 2.11 bits per heavy atom. The predicted molar refractivity (Wildman–Crippen MR) is 74.9 cm³/mol. The molecule has 100 valence electrons. The third-order valence-electron chi connectivity index (χ3n) is 3.44. The Labute approximate surface area is 109 Å². The first-order valence-corrected chi connectivity index (χ1v) is 6.40. The summed E-state index contributed by atoms with van der Waals surface area (Å²) in [5.41, 5.74) is 1.25. The monoisotopic (exact) mass is 249 g/mol. The second-order valence-electron chi connectivity index (χ2n) is 4.99. The van der Waals surface area contributed by atoms with Gasteiger partial charge in [0.15, 0.2) is 0 Å². The number of anilines is 1. The fraction of sp³-hybridized carbons (Fsp3) is 0.571. The van der Waals surface area contributed by atoms with E-state index >= 15 is 0 Å². The summed E-state index contributed by atoms with van der Waals surface area (Å²) in [6, 6.07) is 3.67. The van der Waals surface area contributed by atoms with Gasteiger partial charge in [-0.1, -0.05) is 6.92 Å². The van der Waals surface area contributed by atoms with Crippen molar-refractivity contribution < 1.29 is 4.79 Å². The number of amides is 1. The molecule has 4 nitrogen and oxygen atoms in total. The maximum atomic E-state index is 12.3. The standard InChI is InChI=1S/C14H23N3O/c1-6-14(3,4)17(5)13(18)12-10-11(15-7-2)8-9-16-12/h8-10H,6-7H2,1-5H3,(H,15,16). The van der Waals surface area contributed by atoms with Crippen LogP contribution < -0.4 is 5.32 Å². The van der Waals surface area contributed by atoms with E-state index in [9.17, 15) is 4.79 Å². The second-order valence-corrected chi connectivity index (χ2v) is 4.99. The number of aromatic nitrogens is 1. The largest absolute Gasteiger partial charge is 0.385 e. The Kier molecular flexibility index (Phi) is 4.70. The van der Waals surface area contributed by atoms with Crippen LogP contribution in [0.4, 0.5) is 5.69 Å². The van der Waals surface area contributed by atoms with Gasteiger partial charge in [0.25, 0.3) is 5.91 Å². The molecular formula is C14H23N3O. The Morgan fingerprint density at radius 3 is 2.67 bits per heavy atom. The fourth-order valence-electron chi connectivity index (χ4n) is 1.55. The van der Waals surface area contributed by atoms with E-state index < -0.39 is 0 Å². The van der Waals surface area contributed by atoms with Crippen molar-refractivity contribution in [1.29, 1.82) is 0 Å². The smallest absolute Gasteiger partial charge is 0.272 e. The molecule has 0 bridgehead atoms. The SMILES string of the molecule is CCNc1ccnc(C(=O)N(C)C(C)(C)CC)c1. The molecule has 18 heavy (non-hydrogen) atoms. The lowest BCUT2D eigenvalue weighted by atomic mass is 9.99. The summed E-state index contributed by atoms with van der Waals surface area (Å²) < 4.78 is 0. The lowest BCUT2D eigenvalue weighted by Gasteiger charge is -2.34. The molecule has 1 amide bonds.